The molecule has 0 heterocycles. The predicted molar refractivity (Wildman–Crippen MR) is 74.1 cm³/mol. The van der Waals surface area contributed by atoms with E-state index in [0.717, 1.165) is 0 Å². The van der Waals surface area contributed by atoms with Crippen LogP contribution in [-0.2, 0) is 4.57 Å². The Bertz CT molecular complexity index is 273. The van der Waals surface area contributed by atoms with Crippen molar-refractivity contribution in [1.82, 2.24) is 4.90 Å². The Morgan fingerprint density at radius 1 is 1.06 bits per heavy atom. The van der Waals surface area contributed by atoms with Gasteiger partial charge in [0.15, 0.2) is 11.3 Å². The van der Waals surface area contributed by atoms with Gasteiger partial charge in [-0.3, -0.25) is 0 Å². The lowest BCUT2D eigenvalue weighted by Gasteiger charge is -2.27. The highest BCUT2D eigenvalue weighted by Gasteiger charge is 2.48. The molecule has 0 bridgehead atoms. The van der Waals surface area contributed by atoms with Crippen molar-refractivity contribution in [3.8, 4) is 0 Å². The first-order valence-electron chi connectivity index (χ1n) is 7.23. The Balaban J connectivity index is 2.00. The molecule has 0 saturated heterocycles. The van der Waals surface area contributed by atoms with Gasteiger partial charge in [0.2, 0.25) is 0 Å². The van der Waals surface area contributed by atoms with Crippen molar-refractivity contribution in [1.29, 1.82) is 0 Å². The van der Waals surface area contributed by atoms with Gasteiger partial charge in [0, 0.05) is 12.0 Å². The van der Waals surface area contributed by atoms with Crippen molar-refractivity contribution in [2.75, 3.05) is 14.1 Å². The number of hydrogen-bond acceptors (Lipinski definition) is 2. The van der Waals surface area contributed by atoms with Crippen molar-refractivity contribution >= 4 is 7.80 Å². The van der Waals surface area contributed by atoms with Crippen LogP contribution in [0.3, 0.4) is 0 Å². The van der Waals surface area contributed by atoms with Crippen molar-refractivity contribution in [2.24, 2.45) is 5.92 Å². The SMILES string of the molecule is C[C@H](C1CCCC1[P+](=O)C1CCCC1)N(C)C. The van der Waals surface area contributed by atoms with Crippen LogP contribution in [0.1, 0.15) is 51.9 Å². The predicted octanol–water partition coefficient (Wildman–Crippen LogP) is 3.88. The lowest BCUT2D eigenvalue weighted by Crippen LogP contribution is -2.35. The van der Waals surface area contributed by atoms with Gasteiger partial charge in [-0.25, -0.2) is 0 Å². The monoisotopic (exact) mass is 256 g/mol. The van der Waals surface area contributed by atoms with E-state index >= 15 is 0 Å². The molecular weight excluding hydrogens is 229 g/mol. The average Bonchev–Trinajstić information content (AvgIpc) is 2.97. The van der Waals surface area contributed by atoms with Crippen LogP contribution in [0.2, 0.25) is 0 Å². The van der Waals surface area contributed by atoms with Gasteiger partial charge in [0.05, 0.1) is 0 Å². The third-order valence-corrected chi connectivity index (χ3v) is 7.51. The van der Waals surface area contributed by atoms with E-state index in [4.69, 9.17) is 0 Å². The highest BCUT2D eigenvalue weighted by Crippen LogP contribution is 2.51. The first-order chi connectivity index (χ1) is 8.11. The number of hydrogen-bond donors (Lipinski definition) is 0. The Kier molecular flexibility index (Phi) is 4.60. The van der Waals surface area contributed by atoms with Crippen LogP contribution in [0.4, 0.5) is 0 Å². The number of nitrogens with zero attached hydrogens (tertiary/aromatic N) is 1. The molecule has 4 atom stereocenters. The molecule has 0 aromatic rings. The molecular formula is C14H27NOP+. The smallest absolute Gasteiger partial charge is 0.306 e. The second-order valence-electron chi connectivity index (χ2n) is 6.16. The fourth-order valence-corrected chi connectivity index (χ4v) is 6.29. The van der Waals surface area contributed by atoms with Crippen molar-refractivity contribution in [2.45, 2.75) is 69.2 Å². The molecule has 2 rings (SSSR count). The van der Waals surface area contributed by atoms with E-state index in [1.54, 1.807) is 0 Å². The van der Waals surface area contributed by atoms with E-state index in [2.05, 4.69) is 25.9 Å². The van der Waals surface area contributed by atoms with Crippen molar-refractivity contribution in [3.05, 3.63) is 0 Å². The molecule has 3 unspecified atom stereocenters. The molecule has 0 spiro atoms. The summed E-state index contributed by atoms with van der Waals surface area (Å²) in [5.74, 6) is 0.675. The molecule has 3 heteroatoms. The maximum atomic E-state index is 12.7. The van der Waals surface area contributed by atoms with Crippen LogP contribution in [0, 0.1) is 5.92 Å². The highest BCUT2D eigenvalue weighted by atomic mass is 31.1. The summed E-state index contributed by atoms with van der Waals surface area (Å²) in [5, 5.41) is 0. The minimum Gasteiger partial charge on any atom is -0.306 e. The molecule has 2 fully saturated rings. The van der Waals surface area contributed by atoms with E-state index in [9.17, 15) is 4.57 Å². The molecule has 17 heavy (non-hydrogen) atoms. The fourth-order valence-electron chi connectivity index (χ4n) is 3.66. The van der Waals surface area contributed by atoms with Gasteiger partial charge in [-0.2, -0.15) is 0 Å². The third kappa shape index (κ3) is 2.90. The summed E-state index contributed by atoms with van der Waals surface area (Å²) < 4.78 is 12.7. The first kappa shape index (κ1) is 13.5. The van der Waals surface area contributed by atoms with Crippen LogP contribution >= 0.6 is 7.80 Å². The molecule has 2 aliphatic rings. The van der Waals surface area contributed by atoms with Crippen LogP contribution in [0.25, 0.3) is 0 Å². The van der Waals surface area contributed by atoms with Gasteiger partial charge in [-0.05, 0) is 66.0 Å². The number of rotatable bonds is 4. The van der Waals surface area contributed by atoms with Crippen LogP contribution < -0.4 is 0 Å². The Labute approximate surface area is 107 Å². The summed E-state index contributed by atoms with van der Waals surface area (Å²) in [7, 11) is 3.35. The van der Waals surface area contributed by atoms with E-state index in [1.807, 2.05) is 0 Å². The Morgan fingerprint density at radius 3 is 2.29 bits per heavy atom. The largest absolute Gasteiger partial charge is 0.345 e. The molecule has 2 saturated carbocycles. The minimum absolute atomic E-state index is 0.519. The minimum atomic E-state index is -0.956. The summed E-state index contributed by atoms with van der Waals surface area (Å²) in [5.41, 5.74) is 1.08. The van der Waals surface area contributed by atoms with Crippen LogP contribution in [-0.4, -0.2) is 36.4 Å². The van der Waals surface area contributed by atoms with Gasteiger partial charge in [0.1, 0.15) is 0 Å². The highest BCUT2D eigenvalue weighted by molar-refractivity contribution is 7.46. The molecule has 98 valence electrons. The van der Waals surface area contributed by atoms with E-state index in [0.29, 0.717) is 23.3 Å². The molecule has 0 radical (unpaired) electrons. The molecule has 0 N–H and O–H groups in total. The van der Waals surface area contributed by atoms with Crippen molar-refractivity contribution < 1.29 is 4.57 Å². The van der Waals surface area contributed by atoms with Crippen LogP contribution in [0.15, 0.2) is 0 Å². The normalized spacial score (nSPS) is 33.3. The summed E-state index contributed by atoms with van der Waals surface area (Å²) in [6.07, 6.45) is 8.88. The lowest BCUT2D eigenvalue weighted by molar-refractivity contribution is 0.231. The third-order valence-electron chi connectivity index (χ3n) is 4.98. The molecule has 0 aromatic carbocycles. The zero-order valence-electron chi connectivity index (χ0n) is 11.6. The van der Waals surface area contributed by atoms with Gasteiger partial charge >= 0.3 is 7.80 Å². The second-order valence-corrected chi connectivity index (χ2v) is 8.28. The van der Waals surface area contributed by atoms with E-state index in [-0.39, 0.29) is 0 Å². The molecule has 0 amide bonds. The second kappa shape index (κ2) is 5.80. The van der Waals surface area contributed by atoms with Crippen LogP contribution in [0.5, 0.6) is 0 Å². The van der Waals surface area contributed by atoms with E-state index in [1.165, 1.54) is 44.9 Å². The molecule has 0 aliphatic heterocycles. The topological polar surface area (TPSA) is 20.3 Å². The summed E-state index contributed by atoms with van der Waals surface area (Å²) in [4.78, 5) is 2.31. The standard InChI is InChI=1S/C14H27NOP/c1-11(15(2)3)13-9-6-10-14(13)17(16)12-7-4-5-8-12/h11-14H,4-10H2,1-3H3/q+1/t11-,13?,14?/m1/s1. The summed E-state index contributed by atoms with van der Waals surface area (Å²) in [6.45, 7) is 2.31. The van der Waals surface area contributed by atoms with Gasteiger partial charge in [-0.1, -0.05) is 4.57 Å². The quantitative estimate of drug-likeness (QED) is 0.711. The molecule has 2 aliphatic carbocycles. The zero-order valence-corrected chi connectivity index (χ0v) is 12.5. The van der Waals surface area contributed by atoms with Crippen molar-refractivity contribution in [3.63, 3.8) is 0 Å². The zero-order chi connectivity index (χ0) is 12.4. The summed E-state index contributed by atoms with van der Waals surface area (Å²) >= 11 is 0. The van der Waals surface area contributed by atoms with E-state index < -0.39 is 7.80 Å². The Morgan fingerprint density at radius 2 is 1.71 bits per heavy atom. The maximum absolute atomic E-state index is 12.7. The van der Waals surface area contributed by atoms with Gasteiger partial charge in [-0.15, -0.1) is 0 Å². The lowest BCUT2D eigenvalue weighted by atomic mass is 9.98. The van der Waals surface area contributed by atoms with Gasteiger partial charge in [0.25, 0.3) is 0 Å². The Hall–Kier alpha value is 0.0600. The molecule has 0 aromatic heterocycles. The maximum Gasteiger partial charge on any atom is 0.345 e. The average molecular weight is 256 g/mol. The fraction of sp³-hybridized carbons (Fsp3) is 1.00. The van der Waals surface area contributed by atoms with Gasteiger partial charge < -0.3 is 4.90 Å². The summed E-state index contributed by atoms with van der Waals surface area (Å²) in [6, 6.07) is 0.586. The first-order valence-corrected chi connectivity index (χ1v) is 8.63. The molecule has 2 nitrogen and oxygen atoms in total.